The van der Waals surface area contributed by atoms with Crippen LogP contribution in [-0.2, 0) is 29.0 Å². The molecule has 0 radical (unpaired) electrons. The van der Waals surface area contributed by atoms with Gasteiger partial charge in [0, 0.05) is 45.3 Å². The Morgan fingerprint density at radius 1 is 0.980 bits per heavy atom. The molecule has 1 fully saturated rings. The molecule has 0 atom stereocenters. The number of aryl methyl sites for hydroxylation is 1. The number of anilines is 3. The van der Waals surface area contributed by atoms with Gasteiger partial charge in [-0.2, -0.15) is 0 Å². The van der Waals surface area contributed by atoms with Gasteiger partial charge < -0.3 is 19.5 Å². The van der Waals surface area contributed by atoms with Gasteiger partial charge in [0.15, 0.2) is 5.75 Å². The van der Waals surface area contributed by atoms with Gasteiger partial charge >= 0.3 is 0 Å². The third kappa shape index (κ3) is 8.07. The minimum atomic E-state index is -3.62. The summed E-state index contributed by atoms with van der Waals surface area (Å²) in [5, 5.41) is 11.8. The molecule has 0 unspecified atom stereocenters. The predicted octanol–water partition coefficient (Wildman–Crippen LogP) is 5.23. The highest BCUT2D eigenvalue weighted by atomic mass is 32.2. The normalized spacial score (nSPS) is 14.1. The number of amides is 1. The van der Waals surface area contributed by atoms with Crippen molar-refractivity contribution in [2.45, 2.75) is 39.7 Å². The molecule has 0 saturated carbocycles. The van der Waals surface area contributed by atoms with Gasteiger partial charge in [-0.25, -0.2) is 18.1 Å². The Kier molecular flexibility index (Phi) is 9.91. The number of ether oxygens (including phenoxy) is 1. The molecule has 1 saturated heterocycles. The van der Waals surface area contributed by atoms with E-state index in [-0.39, 0.29) is 16.9 Å². The van der Waals surface area contributed by atoms with E-state index in [0.29, 0.717) is 22.6 Å². The van der Waals surface area contributed by atoms with Gasteiger partial charge in [0.1, 0.15) is 5.69 Å². The van der Waals surface area contributed by atoms with Crippen LogP contribution in [0.25, 0.3) is 17.1 Å². The van der Waals surface area contributed by atoms with Crippen LogP contribution in [-0.4, -0.2) is 83.3 Å². The zero-order chi connectivity index (χ0) is 36.5. The van der Waals surface area contributed by atoms with Crippen molar-refractivity contribution in [3.8, 4) is 22.8 Å². The summed E-state index contributed by atoms with van der Waals surface area (Å²) in [7, 11) is -0.196. The standard InChI is InChI=1S/C37H45N9O4S/c1-25-13-14-27(35(47)39-29-20-28(37(2,3)4)21-30(34(29)50-6)41-51(7,48)49)19-32(25)46-24-31(40-42-46)33-22-38-36(43(33)5)45-17-15-44(16-18-45)23-26-11-9-8-10-12-26/h8-14,19-22,24,41H,15-18,23H2,1-7H3,(H,39,47). The lowest BCUT2D eigenvalue weighted by Gasteiger charge is -2.35. The van der Waals surface area contributed by atoms with Crippen LogP contribution < -0.4 is 19.7 Å². The van der Waals surface area contributed by atoms with E-state index >= 15 is 0 Å². The molecule has 5 aromatic rings. The highest BCUT2D eigenvalue weighted by Crippen LogP contribution is 2.39. The van der Waals surface area contributed by atoms with Crippen molar-refractivity contribution in [1.82, 2.24) is 29.4 Å². The molecule has 0 spiro atoms. The van der Waals surface area contributed by atoms with Gasteiger partial charge in [-0.15, -0.1) is 5.10 Å². The maximum atomic E-state index is 13.7. The number of hydrogen-bond donors (Lipinski definition) is 2. The molecular weight excluding hydrogens is 667 g/mol. The third-order valence-electron chi connectivity index (χ3n) is 9.04. The minimum Gasteiger partial charge on any atom is -0.492 e. The number of methoxy groups -OCH3 is 1. The zero-order valence-corrected chi connectivity index (χ0v) is 31.0. The van der Waals surface area contributed by atoms with Crippen molar-refractivity contribution in [3.63, 3.8) is 0 Å². The number of sulfonamides is 1. The number of carbonyl (C=O) groups is 1. The predicted molar refractivity (Wildman–Crippen MR) is 200 cm³/mol. The number of carbonyl (C=O) groups excluding carboxylic acids is 1. The van der Waals surface area contributed by atoms with Crippen molar-refractivity contribution in [3.05, 3.63) is 95.3 Å². The van der Waals surface area contributed by atoms with Crippen molar-refractivity contribution < 1.29 is 17.9 Å². The lowest BCUT2D eigenvalue weighted by Crippen LogP contribution is -2.46. The molecule has 3 heterocycles. The number of imidazole rings is 1. The first-order valence-electron chi connectivity index (χ1n) is 16.8. The summed E-state index contributed by atoms with van der Waals surface area (Å²) in [4.78, 5) is 23.2. The molecule has 268 valence electrons. The first-order chi connectivity index (χ1) is 24.2. The molecule has 2 N–H and O–H groups in total. The van der Waals surface area contributed by atoms with Crippen molar-refractivity contribution in [2.24, 2.45) is 7.05 Å². The Morgan fingerprint density at radius 3 is 2.35 bits per heavy atom. The van der Waals surface area contributed by atoms with Crippen LogP contribution in [0.2, 0.25) is 0 Å². The fraction of sp³-hybridized carbons (Fsp3) is 0.351. The van der Waals surface area contributed by atoms with Crippen LogP contribution in [0.4, 0.5) is 17.3 Å². The molecule has 0 bridgehead atoms. The molecule has 51 heavy (non-hydrogen) atoms. The fourth-order valence-corrected chi connectivity index (χ4v) is 6.77. The molecular formula is C37H45N9O4S. The number of nitrogens with zero attached hydrogens (tertiary/aromatic N) is 7. The van der Waals surface area contributed by atoms with Gasteiger partial charge in [0.25, 0.3) is 5.91 Å². The first-order valence-corrected chi connectivity index (χ1v) is 18.7. The molecule has 14 heteroatoms. The number of benzene rings is 3. The number of hydrogen-bond acceptors (Lipinski definition) is 9. The van der Waals surface area contributed by atoms with Gasteiger partial charge in [0.2, 0.25) is 16.0 Å². The smallest absolute Gasteiger partial charge is 0.255 e. The topological polar surface area (TPSA) is 140 Å². The fourth-order valence-electron chi connectivity index (χ4n) is 6.22. The summed E-state index contributed by atoms with van der Waals surface area (Å²) in [6, 6.07) is 19.4. The van der Waals surface area contributed by atoms with Crippen LogP contribution >= 0.6 is 0 Å². The van der Waals surface area contributed by atoms with E-state index < -0.39 is 15.9 Å². The Labute approximate surface area is 299 Å². The van der Waals surface area contributed by atoms with Gasteiger partial charge in [0.05, 0.1) is 48.5 Å². The molecule has 6 rings (SSSR count). The average molecular weight is 712 g/mol. The van der Waals surface area contributed by atoms with Gasteiger partial charge in [-0.05, 0) is 53.3 Å². The third-order valence-corrected chi connectivity index (χ3v) is 9.64. The Balaban J connectivity index is 1.20. The van der Waals surface area contributed by atoms with Crippen LogP contribution in [0, 0.1) is 6.92 Å². The largest absolute Gasteiger partial charge is 0.492 e. The zero-order valence-electron chi connectivity index (χ0n) is 30.1. The maximum absolute atomic E-state index is 13.7. The Bertz CT molecular complexity index is 2150. The number of nitrogens with one attached hydrogen (secondary N) is 2. The van der Waals surface area contributed by atoms with Crippen LogP contribution in [0.5, 0.6) is 5.75 Å². The molecule has 13 nitrogen and oxygen atoms in total. The van der Waals surface area contributed by atoms with Crippen LogP contribution in [0.1, 0.15) is 47.8 Å². The Morgan fingerprint density at radius 2 is 1.69 bits per heavy atom. The van der Waals surface area contributed by atoms with Crippen LogP contribution in [0.15, 0.2) is 73.1 Å². The molecule has 3 aromatic carbocycles. The van der Waals surface area contributed by atoms with E-state index in [0.717, 1.165) is 61.7 Å². The van der Waals surface area contributed by atoms with Crippen molar-refractivity contribution >= 4 is 33.3 Å². The van der Waals surface area contributed by atoms with Crippen molar-refractivity contribution in [1.29, 1.82) is 0 Å². The SMILES string of the molecule is COc1c(NC(=O)c2ccc(C)c(-n3cc(-c4cnc(N5CCN(Cc6ccccc6)CC5)n4C)nn3)c2)cc(C(C)(C)C)cc1NS(C)(=O)=O. The van der Waals surface area contributed by atoms with Crippen molar-refractivity contribution in [2.75, 3.05) is 54.5 Å². The average Bonchev–Trinajstić information content (AvgIpc) is 3.71. The highest BCUT2D eigenvalue weighted by molar-refractivity contribution is 7.92. The van der Waals surface area contributed by atoms with Crippen LogP contribution in [0.3, 0.4) is 0 Å². The number of rotatable bonds is 10. The van der Waals surface area contributed by atoms with E-state index in [1.165, 1.54) is 12.7 Å². The van der Waals surface area contributed by atoms with Gasteiger partial charge in [-0.3, -0.25) is 14.4 Å². The van der Waals surface area contributed by atoms with E-state index in [2.05, 4.69) is 54.4 Å². The second-order valence-electron chi connectivity index (χ2n) is 14.0. The quantitative estimate of drug-likeness (QED) is 0.199. The Hall–Kier alpha value is -5.21. The summed E-state index contributed by atoms with van der Waals surface area (Å²) >= 11 is 0. The highest BCUT2D eigenvalue weighted by Gasteiger charge is 2.24. The first kappa shape index (κ1) is 35.6. The summed E-state index contributed by atoms with van der Waals surface area (Å²) in [5.74, 6) is 0.695. The molecule has 1 aliphatic heterocycles. The summed E-state index contributed by atoms with van der Waals surface area (Å²) in [6.45, 7) is 12.5. The minimum absolute atomic E-state index is 0.208. The lowest BCUT2D eigenvalue weighted by molar-refractivity contribution is 0.102. The maximum Gasteiger partial charge on any atom is 0.255 e. The summed E-state index contributed by atoms with van der Waals surface area (Å²) in [5.41, 5.74) is 5.83. The van der Waals surface area contributed by atoms with E-state index in [1.54, 1.807) is 28.9 Å². The number of piperazine rings is 1. The second kappa shape index (κ2) is 14.2. The number of aromatic nitrogens is 5. The monoisotopic (exact) mass is 711 g/mol. The molecule has 0 aliphatic carbocycles. The summed E-state index contributed by atoms with van der Waals surface area (Å²) < 4.78 is 36.1. The second-order valence-corrected chi connectivity index (χ2v) is 15.7. The summed E-state index contributed by atoms with van der Waals surface area (Å²) in [6.07, 6.45) is 4.73. The van der Waals surface area contributed by atoms with E-state index in [9.17, 15) is 13.2 Å². The van der Waals surface area contributed by atoms with E-state index in [4.69, 9.17) is 9.72 Å². The lowest BCUT2D eigenvalue weighted by atomic mass is 9.86. The molecule has 1 amide bonds. The molecule has 1 aliphatic rings. The van der Waals surface area contributed by atoms with Gasteiger partial charge in [-0.1, -0.05) is 62.4 Å². The molecule has 2 aromatic heterocycles. The van der Waals surface area contributed by atoms with E-state index in [1.807, 2.05) is 63.8 Å².